The van der Waals surface area contributed by atoms with Crippen molar-refractivity contribution in [1.82, 2.24) is 9.38 Å². The van der Waals surface area contributed by atoms with Crippen LogP contribution in [0.15, 0.2) is 23.0 Å². The first-order valence-corrected chi connectivity index (χ1v) is 9.00. The third-order valence-electron chi connectivity index (χ3n) is 3.77. The van der Waals surface area contributed by atoms with Crippen molar-refractivity contribution in [1.29, 1.82) is 10.5 Å². The Bertz CT molecular complexity index is 1270. The molecule has 8 nitrogen and oxygen atoms in total. The van der Waals surface area contributed by atoms with E-state index in [1.54, 1.807) is 18.2 Å². The first-order valence-electron chi connectivity index (χ1n) is 7.33. The fourth-order valence-electron chi connectivity index (χ4n) is 2.65. The summed E-state index contributed by atoms with van der Waals surface area (Å²) in [5.41, 5.74) is -0.0464. The van der Waals surface area contributed by atoms with E-state index in [1.807, 2.05) is 12.1 Å². The van der Waals surface area contributed by atoms with Crippen LogP contribution < -0.4 is 20.3 Å². The number of hydrogen-bond donors (Lipinski definition) is 2. The summed E-state index contributed by atoms with van der Waals surface area (Å²) in [6, 6.07) is 8.92. The number of aromatic nitrogens is 2. The standard InChI is InChI=1S/C16H7N5O3S3/c17-4-8-12(7-1-2-9-10(3-7)24-6-23-9)19-15-21(14(8)22)13(20-16(25)26)11(5-18)27-15/h1-3H,6H2,(H2,20,25,26). The van der Waals surface area contributed by atoms with E-state index in [1.165, 1.54) is 0 Å². The maximum absolute atomic E-state index is 13.0. The normalized spacial score (nSPS) is 11.8. The van der Waals surface area contributed by atoms with Gasteiger partial charge in [0.15, 0.2) is 16.5 Å². The van der Waals surface area contributed by atoms with Gasteiger partial charge in [0.2, 0.25) is 6.79 Å². The zero-order valence-electron chi connectivity index (χ0n) is 13.2. The lowest BCUT2D eigenvalue weighted by Crippen LogP contribution is -2.21. The van der Waals surface area contributed by atoms with Gasteiger partial charge >= 0.3 is 0 Å². The second-order valence-electron chi connectivity index (χ2n) is 5.26. The Kier molecular flexibility index (Phi) is 4.20. The molecule has 0 unspecified atom stereocenters. The number of ether oxygens (including phenoxy) is 2. The van der Waals surface area contributed by atoms with Crippen LogP contribution in [0.1, 0.15) is 10.4 Å². The highest BCUT2D eigenvalue weighted by Crippen LogP contribution is 2.36. The van der Waals surface area contributed by atoms with Crippen LogP contribution in [0.5, 0.6) is 11.5 Å². The maximum atomic E-state index is 13.0. The Morgan fingerprint density at radius 3 is 2.81 bits per heavy atom. The Morgan fingerprint density at radius 2 is 2.11 bits per heavy atom. The molecule has 1 N–H and O–H groups in total. The van der Waals surface area contributed by atoms with Crippen LogP contribution in [-0.2, 0) is 0 Å². The van der Waals surface area contributed by atoms with Gasteiger partial charge in [-0.15, -0.1) is 12.6 Å². The highest BCUT2D eigenvalue weighted by Gasteiger charge is 2.23. The van der Waals surface area contributed by atoms with Crippen LogP contribution in [0.3, 0.4) is 0 Å². The van der Waals surface area contributed by atoms with E-state index in [0.29, 0.717) is 17.1 Å². The van der Waals surface area contributed by atoms with Gasteiger partial charge < -0.3 is 14.8 Å². The highest BCUT2D eigenvalue weighted by atomic mass is 32.1. The van der Waals surface area contributed by atoms with Crippen molar-refractivity contribution in [2.75, 3.05) is 12.1 Å². The van der Waals surface area contributed by atoms with E-state index in [9.17, 15) is 15.3 Å². The van der Waals surface area contributed by atoms with Crippen molar-refractivity contribution >= 4 is 51.3 Å². The van der Waals surface area contributed by atoms with Crippen molar-refractivity contribution in [2.24, 2.45) is 0 Å². The second-order valence-corrected chi connectivity index (χ2v) is 7.40. The number of nitrogens with zero attached hydrogens (tertiary/aromatic N) is 4. The SMILES string of the molecule is N#Cc1sc2nc(-c3ccc4c(c3)OCO4)c(C#N)c(=O)n2c1NC(=S)S. The lowest BCUT2D eigenvalue weighted by molar-refractivity contribution is 0.174. The molecule has 0 spiro atoms. The summed E-state index contributed by atoms with van der Waals surface area (Å²) in [5.74, 6) is 1.22. The van der Waals surface area contributed by atoms with Gasteiger partial charge in [0.1, 0.15) is 32.7 Å². The van der Waals surface area contributed by atoms with Crippen LogP contribution >= 0.6 is 36.2 Å². The molecule has 1 aromatic carbocycles. The molecule has 0 fully saturated rings. The number of rotatable bonds is 2. The van der Waals surface area contributed by atoms with Gasteiger partial charge in [-0.3, -0.25) is 4.79 Å². The number of hydrogen-bond acceptors (Lipinski definition) is 8. The molecule has 1 aliphatic heterocycles. The molecular weight excluding hydrogens is 406 g/mol. The summed E-state index contributed by atoms with van der Waals surface area (Å²) in [6.45, 7) is 0.105. The van der Waals surface area contributed by atoms with Gasteiger partial charge in [-0.05, 0) is 18.2 Å². The van der Waals surface area contributed by atoms with Crippen molar-refractivity contribution in [3.05, 3.63) is 39.0 Å². The van der Waals surface area contributed by atoms with Gasteiger partial charge in [-0.25, -0.2) is 9.38 Å². The number of thiazole rings is 1. The lowest BCUT2D eigenvalue weighted by Gasteiger charge is -2.07. The van der Waals surface area contributed by atoms with E-state index in [0.717, 1.165) is 15.7 Å². The molecule has 27 heavy (non-hydrogen) atoms. The summed E-state index contributed by atoms with van der Waals surface area (Å²) in [5, 5.41) is 21.6. The highest BCUT2D eigenvalue weighted by molar-refractivity contribution is 8.11. The molecule has 0 bridgehead atoms. The van der Waals surface area contributed by atoms with Gasteiger partial charge in [-0.1, -0.05) is 23.6 Å². The van der Waals surface area contributed by atoms with Crippen LogP contribution in [-0.4, -0.2) is 20.5 Å². The molecular formula is C16H7N5O3S3. The molecule has 3 heterocycles. The summed E-state index contributed by atoms with van der Waals surface area (Å²) >= 11 is 9.87. The molecule has 0 aliphatic carbocycles. The minimum absolute atomic E-state index is 0.0801. The third kappa shape index (κ3) is 2.78. The Balaban J connectivity index is 2.01. The van der Waals surface area contributed by atoms with Crippen molar-refractivity contribution in [3.8, 4) is 34.9 Å². The van der Waals surface area contributed by atoms with Gasteiger partial charge in [-0.2, -0.15) is 10.5 Å². The molecule has 132 valence electrons. The predicted octanol–water partition coefficient (Wildman–Crippen LogP) is 2.52. The average molecular weight is 413 g/mol. The third-order valence-corrected chi connectivity index (χ3v) is 4.93. The van der Waals surface area contributed by atoms with E-state index >= 15 is 0 Å². The molecule has 0 atom stereocenters. The van der Waals surface area contributed by atoms with Gasteiger partial charge in [0, 0.05) is 5.56 Å². The number of nitriles is 2. The molecule has 2 aromatic heterocycles. The van der Waals surface area contributed by atoms with E-state index in [2.05, 4.69) is 22.9 Å². The Morgan fingerprint density at radius 1 is 1.33 bits per heavy atom. The van der Waals surface area contributed by atoms with Crippen molar-refractivity contribution < 1.29 is 9.47 Å². The zero-order valence-corrected chi connectivity index (χ0v) is 15.7. The average Bonchev–Trinajstić information content (AvgIpc) is 3.24. The molecule has 4 rings (SSSR count). The fourth-order valence-corrected chi connectivity index (χ4v) is 3.72. The van der Waals surface area contributed by atoms with Crippen molar-refractivity contribution in [3.63, 3.8) is 0 Å². The molecule has 1 aliphatic rings. The quantitative estimate of drug-likeness (QED) is 0.487. The van der Waals surface area contributed by atoms with Gasteiger partial charge in [0.05, 0.1) is 5.69 Å². The topological polar surface area (TPSA) is 112 Å². The van der Waals surface area contributed by atoms with Crippen LogP contribution in [0, 0.1) is 22.7 Å². The predicted molar refractivity (Wildman–Crippen MR) is 106 cm³/mol. The van der Waals surface area contributed by atoms with E-state index in [4.69, 9.17) is 21.7 Å². The summed E-state index contributed by atoms with van der Waals surface area (Å²) in [7, 11) is 0. The number of anilines is 1. The monoisotopic (exact) mass is 413 g/mol. The minimum atomic E-state index is -0.611. The zero-order chi connectivity index (χ0) is 19.1. The Hall–Kier alpha value is -3.12. The van der Waals surface area contributed by atoms with Crippen LogP contribution in [0.25, 0.3) is 16.2 Å². The molecule has 3 aromatic rings. The van der Waals surface area contributed by atoms with Crippen LogP contribution in [0.2, 0.25) is 0 Å². The lowest BCUT2D eigenvalue weighted by atomic mass is 10.1. The molecule has 0 saturated heterocycles. The number of thiocarbonyl (C=S) groups is 1. The number of thiol groups is 1. The van der Waals surface area contributed by atoms with Crippen LogP contribution in [0.4, 0.5) is 5.82 Å². The summed E-state index contributed by atoms with van der Waals surface area (Å²) < 4.78 is 11.9. The largest absolute Gasteiger partial charge is 0.454 e. The van der Waals surface area contributed by atoms with E-state index in [-0.39, 0.29) is 38.0 Å². The Labute approximate surface area is 166 Å². The molecule has 0 saturated carbocycles. The van der Waals surface area contributed by atoms with Gasteiger partial charge in [0.25, 0.3) is 5.56 Å². The second kappa shape index (κ2) is 6.55. The number of benzene rings is 1. The summed E-state index contributed by atoms with van der Waals surface area (Å²) in [6.07, 6.45) is 0. The number of nitrogens with one attached hydrogen (secondary N) is 1. The molecule has 0 amide bonds. The first-order chi connectivity index (χ1) is 13.0. The molecule has 0 radical (unpaired) electrons. The minimum Gasteiger partial charge on any atom is -0.454 e. The van der Waals surface area contributed by atoms with E-state index < -0.39 is 5.56 Å². The first kappa shape index (κ1) is 17.3. The number of fused-ring (bicyclic) bond motifs is 2. The van der Waals surface area contributed by atoms with Crippen molar-refractivity contribution in [2.45, 2.75) is 0 Å². The smallest absolute Gasteiger partial charge is 0.278 e. The summed E-state index contributed by atoms with van der Waals surface area (Å²) in [4.78, 5) is 17.8. The maximum Gasteiger partial charge on any atom is 0.278 e. The molecule has 11 heteroatoms. The fraction of sp³-hybridized carbons (Fsp3) is 0.0625.